The molecular formula is C13H20N2O2. The van der Waals surface area contributed by atoms with Crippen molar-refractivity contribution in [1.29, 1.82) is 0 Å². The number of ether oxygens (including phenoxy) is 2. The zero-order valence-electron chi connectivity index (χ0n) is 10.2. The highest BCUT2D eigenvalue weighted by Crippen LogP contribution is 2.27. The number of nitrogens with two attached hydrogens (primary N) is 1. The van der Waals surface area contributed by atoms with Gasteiger partial charge in [0, 0.05) is 6.61 Å². The maximum absolute atomic E-state index is 5.69. The Kier molecular flexibility index (Phi) is 4.36. The van der Waals surface area contributed by atoms with Crippen LogP contribution in [0.15, 0.2) is 24.3 Å². The molecule has 3 N–H and O–H groups in total. The van der Waals surface area contributed by atoms with Crippen molar-refractivity contribution >= 4 is 0 Å². The minimum atomic E-state index is 0.0323. The summed E-state index contributed by atoms with van der Waals surface area (Å²) in [6.07, 6.45) is 2.80. The Morgan fingerprint density at radius 3 is 2.59 bits per heavy atom. The third-order valence-corrected chi connectivity index (χ3v) is 2.80. The lowest BCUT2D eigenvalue weighted by Gasteiger charge is -2.16. The van der Waals surface area contributed by atoms with E-state index in [4.69, 9.17) is 15.3 Å². The third kappa shape index (κ3) is 3.70. The van der Waals surface area contributed by atoms with Crippen molar-refractivity contribution in [1.82, 2.24) is 5.43 Å². The number of benzene rings is 1. The average Bonchev–Trinajstić information content (AvgIpc) is 3.16. The van der Waals surface area contributed by atoms with E-state index < -0.39 is 0 Å². The van der Waals surface area contributed by atoms with Crippen molar-refractivity contribution in [2.45, 2.75) is 31.9 Å². The fourth-order valence-electron chi connectivity index (χ4n) is 1.63. The van der Waals surface area contributed by atoms with Crippen molar-refractivity contribution in [3.8, 4) is 5.75 Å². The van der Waals surface area contributed by atoms with Gasteiger partial charge in [0.2, 0.25) is 0 Å². The monoisotopic (exact) mass is 236 g/mol. The predicted octanol–water partition coefficient (Wildman–Crippen LogP) is 1.77. The Morgan fingerprint density at radius 2 is 2.06 bits per heavy atom. The molecule has 0 heterocycles. The summed E-state index contributed by atoms with van der Waals surface area (Å²) in [4.78, 5) is 0. The van der Waals surface area contributed by atoms with Crippen LogP contribution in [-0.4, -0.2) is 19.3 Å². The SMILES string of the molecule is CCOCC(NN)c1ccc(OC2CC2)cc1. The molecule has 94 valence electrons. The first-order valence-corrected chi connectivity index (χ1v) is 6.14. The summed E-state index contributed by atoms with van der Waals surface area (Å²) in [7, 11) is 0. The van der Waals surface area contributed by atoms with E-state index in [1.54, 1.807) is 0 Å². The van der Waals surface area contributed by atoms with Gasteiger partial charge in [-0.05, 0) is 37.5 Å². The van der Waals surface area contributed by atoms with Gasteiger partial charge in [0.1, 0.15) is 5.75 Å². The molecule has 4 nitrogen and oxygen atoms in total. The van der Waals surface area contributed by atoms with Gasteiger partial charge in [-0.15, -0.1) is 0 Å². The Labute approximate surface area is 102 Å². The van der Waals surface area contributed by atoms with E-state index >= 15 is 0 Å². The quantitative estimate of drug-likeness (QED) is 0.559. The van der Waals surface area contributed by atoms with Crippen LogP contribution in [-0.2, 0) is 4.74 Å². The summed E-state index contributed by atoms with van der Waals surface area (Å²) in [5, 5.41) is 0. The molecule has 1 unspecified atom stereocenters. The molecule has 0 radical (unpaired) electrons. The molecule has 1 saturated carbocycles. The molecule has 0 amide bonds. The van der Waals surface area contributed by atoms with Gasteiger partial charge in [0.05, 0.1) is 18.8 Å². The van der Waals surface area contributed by atoms with Crippen LogP contribution >= 0.6 is 0 Å². The minimum Gasteiger partial charge on any atom is -0.490 e. The van der Waals surface area contributed by atoms with E-state index in [-0.39, 0.29) is 6.04 Å². The van der Waals surface area contributed by atoms with E-state index in [1.165, 1.54) is 12.8 Å². The summed E-state index contributed by atoms with van der Waals surface area (Å²) in [6, 6.07) is 8.07. The molecule has 0 spiro atoms. The lowest BCUT2D eigenvalue weighted by atomic mass is 10.1. The molecule has 1 atom stereocenters. The summed E-state index contributed by atoms with van der Waals surface area (Å²) < 4.78 is 11.1. The standard InChI is InChI=1S/C13H20N2O2/c1-2-16-9-13(15-14)10-3-5-11(6-4-10)17-12-7-8-12/h3-6,12-13,15H,2,7-9,14H2,1H3. The average molecular weight is 236 g/mol. The lowest BCUT2D eigenvalue weighted by molar-refractivity contribution is 0.123. The normalized spacial score (nSPS) is 16.8. The zero-order chi connectivity index (χ0) is 12.1. The first kappa shape index (κ1) is 12.4. The van der Waals surface area contributed by atoms with Gasteiger partial charge < -0.3 is 9.47 Å². The van der Waals surface area contributed by atoms with Crippen molar-refractivity contribution in [2.24, 2.45) is 5.84 Å². The molecule has 0 aliphatic heterocycles. The number of rotatable bonds is 7. The molecule has 1 aliphatic rings. The van der Waals surface area contributed by atoms with Crippen molar-refractivity contribution < 1.29 is 9.47 Å². The van der Waals surface area contributed by atoms with E-state index in [0.717, 1.165) is 11.3 Å². The van der Waals surface area contributed by atoms with E-state index in [1.807, 2.05) is 31.2 Å². The van der Waals surface area contributed by atoms with E-state index in [9.17, 15) is 0 Å². The van der Waals surface area contributed by atoms with Crippen molar-refractivity contribution in [3.63, 3.8) is 0 Å². The van der Waals surface area contributed by atoms with Gasteiger partial charge in [-0.1, -0.05) is 12.1 Å². The van der Waals surface area contributed by atoms with E-state index in [2.05, 4.69) is 5.43 Å². The minimum absolute atomic E-state index is 0.0323. The second-order valence-electron chi connectivity index (χ2n) is 4.26. The second-order valence-corrected chi connectivity index (χ2v) is 4.26. The molecular weight excluding hydrogens is 216 g/mol. The van der Waals surface area contributed by atoms with Crippen molar-refractivity contribution in [2.75, 3.05) is 13.2 Å². The number of hydrogen-bond donors (Lipinski definition) is 2. The van der Waals surface area contributed by atoms with Crippen LogP contribution < -0.4 is 16.0 Å². The number of nitrogens with one attached hydrogen (secondary N) is 1. The molecule has 1 fully saturated rings. The van der Waals surface area contributed by atoms with Gasteiger partial charge in [-0.3, -0.25) is 11.3 Å². The molecule has 0 saturated heterocycles. The van der Waals surface area contributed by atoms with Crippen LogP contribution in [0.1, 0.15) is 31.4 Å². The lowest BCUT2D eigenvalue weighted by Crippen LogP contribution is -2.31. The molecule has 1 aliphatic carbocycles. The molecule has 1 aromatic carbocycles. The highest BCUT2D eigenvalue weighted by atomic mass is 16.5. The van der Waals surface area contributed by atoms with Gasteiger partial charge in [0.25, 0.3) is 0 Å². The van der Waals surface area contributed by atoms with E-state index in [0.29, 0.717) is 19.3 Å². The summed E-state index contributed by atoms with van der Waals surface area (Å²) >= 11 is 0. The topological polar surface area (TPSA) is 56.5 Å². The molecule has 4 heteroatoms. The maximum atomic E-state index is 5.69. The van der Waals surface area contributed by atoms with Crippen LogP contribution in [0, 0.1) is 0 Å². The molecule has 1 aromatic rings. The largest absolute Gasteiger partial charge is 0.490 e. The smallest absolute Gasteiger partial charge is 0.119 e. The van der Waals surface area contributed by atoms with Crippen LogP contribution in [0.3, 0.4) is 0 Å². The fourth-order valence-corrected chi connectivity index (χ4v) is 1.63. The van der Waals surface area contributed by atoms with Crippen molar-refractivity contribution in [3.05, 3.63) is 29.8 Å². The molecule has 2 rings (SSSR count). The fraction of sp³-hybridized carbons (Fsp3) is 0.538. The molecule has 17 heavy (non-hydrogen) atoms. The molecule has 0 aromatic heterocycles. The Morgan fingerprint density at radius 1 is 1.35 bits per heavy atom. The Hall–Kier alpha value is -1.10. The van der Waals surface area contributed by atoms with Crippen LogP contribution in [0.5, 0.6) is 5.75 Å². The maximum Gasteiger partial charge on any atom is 0.119 e. The molecule has 0 bridgehead atoms. The van der Waals surface area contributed by atoms with Gasteiger partial charge in [-0.2, -0.15) is 0 Å². The Bertz CT molecular complexity index is 336. The number of hydrazine groups is 1. The first-order valence-electron chi connectivity index (χ1n) is 6.14. The van der Waals surface area contributed by atoms with Gasteiger partial charge in [0.15, 0.2) is 0 Å². The summed E-state index contributed by atoms with van der Waals surface area (Å²) in [5.41, 5.74) is 3.87. The summed E-state index contributed by atoms with van der Waals surface area (Å²) in [5.74, 6) is 6.45. The highest BCUT2D eigenvalue weighted by Gasteiger charge is 2.23. The van der Waals surface area contributed by atoms with Crippen LogP contribution in [0.2, 0.25) is 0 Å². The summed E-state index contributed by atoms with van der Waals surface area (Å²) in [6.45, 7) is 3.25. The van der Waals surface area contributed by atoms with Crippen LogP contribution in [0.4, 0.5) is 0 Å². The van der Waals surface area contributed by atoms with Gasteiger partial charge in [-0.25, -0.2) is 0 Å². The predicted molar refractivity (Wildman–Crippen MR) is 66.6 cm³/mol. The highest BCUT2D eigenvalue weighted by molar-refractivity contribution is 5.29. The second kappa shape index (κ2) is 6.00. The van der Waals surface area contributed by atoms with Gasteiger partial charge >= 0.3 is 0 Å². The number of hydrogen-bond acceptors (Lipinski definition) is 4. The third-order valence-electron chi connectivity index (χ3n) is 2.80. The first-order chi connectivity index (χ1) is 8.33. The zero-order valence-corrected chi connectivity index (χ0v) is 10.2. The Balaban J connectivity index is 1.93. The van der Waals surface area contributed by atoms with Crippen LogP contribution in [0.25, 0.3) is 0 Å².